The molecule has 0 atom stereocenters. The molecule has 2 rings (SSSR count). The van der Waals surface area contributed by atoms with E-state index >= 15 is 0 Å². The van der Waals surface area contributed by atoms with E-state index in [1.54, 1.807) is 30.4 Å². The lowest BCUT2D eigenvalue weighted by molar-refractivity contribution is 1.08. The van der Waals surface area contributed by atoms with Crippen molar-refractivity contribution < 1.29 is 0 Å². The van der Waals surface area contributed by atoms with Crippen molar-refractivity contribution in [3.05, 3.63) is 50.7 Å². The number of H-pyrrole nitrogens is 2. The Labute approximate surface area is 96.0 Å². The van der Waals surface area contributed by atoms with Gasteiger partial charge in [-0.05, 0) is 17.7 Å². The first kappa shape index (κ1) is 10.9. The number of nitriles is 1. The summed E-state index contributed by atoms with van der Waals surface area (Å²) in [6.07, 6.45) is 3.79. The van der Waals surface area contributed by atoms with E-state index in [0.717, 1.165) is 5.56 Å². The van der Waals surface area contributed by atoms with Crippen LogP contribution in [-0.4, -0.2) is 9.97 Å². The molecule has 2 aromatic rings. The topological polar surface area (TPSA) is 89.5 Å². The molecule has 0 amide bonds. The van der Waals surface area contributed by atoms with Gasteiger partial charge in [0.05, 0.1) is 23.4 Å². The molecule has 0 aliphatic rings. The van der Waals surface area contributed by atoms with E-state index < -0.39 is 11.2 Å². The molecule has 0 saturated carbocycles. The van der Waals surface area contributed by atoms with Gasteiger partial charge >= 0.3 is 5.69 Å². The number of aromatic amines is 2. The van der Waals surface area contributed by atoms with Gasteiger partial charge in [-0.15, -0.1) is 0 Å². The second kappa shape index (κ2) is 4.49. The smallest absolute Gasteiger partial charge is 0.307 e. The van der Waals surface area contributed by atoms with E-state index in [4.69, 9.17) is 5.26 Å². The standard InChI is InChI=1S/C12H9N3O2/c13-6-2-1-3-8-4-5-10-9(7-8)11(16)15-12(17)14-10/h1,3-5,7H,2H2,(H2,14,15,16,17). The predicted molar refractivity (Wildman–Crippen MR) is 64.5 cm³/mol. The first-order valence-electron chi connectivity index (χ1n) is 5.00. The number of nitrogens with zero attached hydrogens (tertiary/aromatic N) is 1. The number of hydrogen-bond acceptors (Lipinski definition) is 3. The summed E-state index contributed by atoms with van der Waals surface area (Å²) in [6, 6.07) is 7.09. The van der Waals surface area contributed by atoms with Crippen LogP contribution in [0.3, 0.4) is 0 Å². The van der Waals surface area contributed by atoms with Crippen molar-refractivity contribution in [1.82, 2.24) is 9.97 Å². The van der Waals surface area contributed by atoms with Crippen LogP contribution in [0.15, 0.2) is 33.9 Å². The molecule has 0 aliphatic carbocycles. The Bertz CT molecular complexity index is 732. The number of nitrogens with one attached hydrogen (secondary N) is 2. The molecule has 0 saturated heterocycles. The number of benzene rings is 1. The van der Waals surface area contributed by atoms with Crippen LogP contribution in [0.5, 0.6) is 0 Å². The Morgan fingerprint density at radius 3 is 2.88 bits per heavy atom. The minimum atomic E-state index is -0.518. The largest absolute Gasteiger partial charge is 0.326 e. The molecule has 1 aromatic carbocycles. The van der Waals surface area contributed by atoms with Gasteiger partial charge in [-0.2, -0.15) is 5.26 Å². The summed E-state index contributed by atoms with van der Waals surface area (Å²) in [5.41, 5.74) is 0.371. The van der Waals surface area contributed by atoms with Crippen LogP contribution >= 0.6 is 0 Å². The van der Waals surface area contributed by atoms with Gasteiger partial charge in [-0.25, -0.2) is 4.79 Å². The fourth-order valence-electron chi connectivity index (χ4n) is 1.53. The van der Waals surface area contributed by atoms with Gasteiger partial charge in [0.25, 0.3) is 5.56 Å². The van der Waals surface area contributed by atoms with E-state index in [0.29, 0.717) is 17.3 Å². The molecule has 17 heavy (non-hydrogen) atoms. The van der Waals surface area contributed by atoms with Crippen LogP contribution in [-0.2, 0) is 0 Å². The van der Waals surface area contributed by atoms with Crippen molar-refractivity contribution in [2.24, 2.45) is 0 Å². The summed E-state index contributed by atoms with van der Waals surface area (Å²) in [7, 11) is 0. The van der Waals surface area contributed by atoms with Crippen LogP contribution < -0.4 is 11.2 Å². The van der Waals surface area contributed by atoms with Crippen LogP contribution in [0, 0.1) is 11.3 Å². The minimum Gasteiger partial charge on any atom is -0.307 e. The monoisotopic (exact) mass is 227 g/mol. The van der Waals surface area contributed by atoms with E-state index in [1.165, 1.54) is 0 Å². The average Bonchev–Trinajstić information content (AvgIpc) is 2.30. The minimum absolute atomic E-state index is 0.319. The van der Waals surface area contributed by atoms with Gasteiger partial charge in [0.1, 0.15) is 0 Å². The molecule has 0 unspecified atom stereocenters. The number of hydrogen-bond donors (Lipinski definition) is 2. The Hall–Kier alpha value is -2.61. The first-order valence-corrected chi connectivity index (χ1v) is 5.00. The molecule has 1 aromatic heterocycles. The zero-order chi connectivity index (χ0) is 12.3. The molecule has 5 heteroatoms. The van der Waals surface area contributed by atoms with Crippen molar-refractivity contribution in [2.45, 2.75) is 6.42 Å². The molecule has 0 spiro atoms. The number of fused-ring (bicyclic) bond motifs is 1. The summed E-state index contributed by atoms with van der Waals surface area (Å²) in [5.74, 6) is 0. The summed E-state index contributed by atoms with van der Waals surface area (Å²) in [6.45, 7) is 0. The number of rotatable bonds is 2. The molecule has 1 heterocycles. The molecule has 0 fully saturated rings. The van der Waals surface area contributed by atoms with Gasteiger partial charge in [-0.3, -0.25) is 9.78 Å². The lowest BCUT2D eigenvalue weighted by Crippen LogP contribution is -2.21. The summed E-state index contributed by atoms with van der Waals surface area (Å²) >= 11 is 0. The van der Waals surface area contributed by atoms with Crippen molar-refractivity contribution in [3.8, 4) is 6.07 Å². The Balaban J connectivity index is 2.55. The molecular weight excluding hydrogens is 218 g/mol. The second-order valence-corrected chi connectivity index (χ2v) is 3.48. The highest BCUT2D eigenvalue weighted by atomic mass is 16.2. The van der Waals surface area contributed by atoms with Crippen LogP contribution in [0.4, 0.5) is 0 Å². The summed E-state index contributed by atoms with van der Waals surface area (Å²) < 4.78 is 0. The van der Waals surface area contributed by atoms with Crippen molar-refractivity contribution in [1.29, 1.82) is 5.26 Å². The lowest BCUT2D eigenvalue weighted by Gasteiger charge is -1.97. The SMILES string of the molecule is N#CCC=Cc1ccc2[nH]c(=O)[nH]c(=O)c2c1. The highest BCUT2D eigenvalue weighted by molar-refractivity contribution is 5.80. The maximum atomic E-state index is 11.5. The second-order valence-electron chi connectivity index (χ2n) is 3.48. The van der Waals surface area contributed by atoms with Gasteiger partial charge in [0.2, 0.25) is 0 Å². The fraction of sp³-hybridized carbons (Fsp3) is 0.0833. The quantitative estimate of drug-likeness (QED) is 0.806. The van der Waals surface area contributed by atoms with E-state index in [2.05, 4.69) is 9.97 Å². The Morgan fingerprint density at radius 1 is 1.29 bits per heavy atom. The van der Waals surface area contributed by atoms with Crippen molar-refractivity contribution in [2.75, 3.05) is 0 Å². The van der Waals surface area contributed by atoms with Gasteiger partial charge in [-0.1, -0.05) is 18.2 Å². The number of allylic oxidation sites excluding steroid dienone is 1. The average molecular weight is 227 g/mol. The van der Waals surface area contributed by atoms with Crippen molar-refractivity contribution >= 4 is 17.0 Å². The first-order chi connectivity index (χ1) is 8.20. The molecule has 5 nitrogen and oxygen atoms in total. The Kier molecular flexibility index (Phi) is 2.88. The maximum Gasteiger partial charge on any atom is 0.326 e. The van der Waals surface area contributed by atoms with Gasteiger partial charge in [0.15, 0.2) is 0 Å². The van der Waals surface area contributed by atoms with E-state index in [1.807, 2.05) is 6.07 Å². The predicted octanol–water partition coefficient (Wildman–Crippen LogP) is 1.14. The summed E-state index contributed by atoms with van der Waals surface area (Å²) in [4.78, 5) is 27.3. The highest BCUT2D eigenvalue weighted by Crippen LogP contribution is 2.10. The molecule has 2 N–H and O–H groups in total. The third-order valence-electron chi connectivity index (χ3n) is 2.28. The summed E-state index contributed by atoms with van der Waals surface area (Å²) in [5, 5.41) is 8.81. The number of aromatic nitrogens is 2. The maximum absolute atomic E-state index is 11.5. The third-order valence-corrected chi connectivity index (χ3v) is 2.28. The van der Waals surface area contributed by atoms with Gasteiger partial charge < -0.3 is 4.98 Å². The third kappa shape index (κ3) is 2.32. The molecule has 0 aliphatic heterocycles. The zero-order valence-corrected chi connectivity index (χ0v) is 8.86. The fourth-order valence-corrected chi connectivity index (χ4v) is 1.53. The van der Waals surface area contributed by atoms with Crippen molar-refractivity contribution in [3.63, 3.8) is 0 Å². The van der Waals surface area contributed by atoms with E-state index in [-0.39, 0.29) is 0 Å². The Morgan fingerprint density at radius 2 is 2.12 bits per heavy atom. The lowest BCUT2D eigenvalue weighted by atomic mass is 10.1. The molecule has 0 bridgehead atoms. The van der Waals surface area contributed by atoms with Crippen LogP contribution in [0.25, 0.3) is 17.0 Å². The van der Waals surface area contributed by atoms with E-state index in [9.17, 15) is 9.59 Å². The molecule has 0 radical (unpaired) electrons. The zero-order valence-electron chi connectivity index (χ0n) is 8.86. The highest BCUT2D eigenvalue weighted by Gasteiger charge is 2.00. The van der Waals surface area contributed by atoms with Crippen LogP contribution in [0.1, 0.15) is 12.0 Å². The molecule has 84 valence electrons. The molecular formula is C12H9N3O2. The van der Waals surface area contributed by atoms with Gasteiger partial charge in [0, 0.05) is 0 Å². The van der Waals surface area contributed by atoms with Crippen LogP contribution in [0.2, 0.25) is 0 Å². The normalized spacial score (nSPS) is 10.8.